The predicted octanol–water partition coefficient (Wildman–Crippen LogP) is 5.45. The molecule has 1 atom stereocenters. The smallest absolute Gasteiger partial charge is 0.287 e. The number of hydrazone groups is 1. The number of aliphatic hydroxyl groups is 1. The highest BCUT2D eigenvalue weighted by atomic mass is 19.3. The monoisotopic (exact) mass is 459 g/mol. The molecule has 1 aromatic heterocycles. The number of amides is 1. The molecule has 0 saturated carbocycles. The molecule has 0 spiro atoms. The fraction of sp³-hybridized carbons (Fsp3) is 0.292. The summed E-state index contributed by atoms with van der Waals surface area (Å²) in [7, 11) is 0. The Morgan fingerprint density at radius 1 is 1.06 bits per heavy atom. The lowest BCUT2D eigenvalue weighted by molar-refractivity contribution is -0.164. The lowest BCUT2D eigenvalue weighted by Gasteiger charge is -2.30. The number of fused-ring (bicyclic) bond motifs is 1. The van der Waals surface area contributed by atoms with Gasteiger partial charge in [0.1, 0.15) is 5.71 Å². The second-order valence-electron chi connectivity index (χ2n) is 8.21. The summed E-state index contributed by atoms with van der Waals surface area (Å²) < 4.78 is 53.7. The van der Waals surface area contributed by atoms with Crippen LogP contribution in [0.3, 0.4) is 0 Å². The third kappa shape index (κ3) is 4.08. The third-order valence-electron chi connectivity index (χ3n) is 5.65. The normalized spacial score (nSPS) is 18.6. The van der Waals surface area contributed by atoms with Crippen LogP contribution in [0.25, 0.3) is 22.2 Å². The highest BCUT2D eigenvalue weighted by molar-refractivity contribution is 6.08. The molecule has 0 radical (unpaired) electrons. The molecule has 3 aromatic rings. The number of hydrogen-bond acceptors (Lipinski definition) is 4. The number of rotatable bonds is 5. The molecular weight excluding hydrogens is 438 g/mol. The molecule has 33 heavy (non-hydrogen) atoms. The average Bonchev–Trinajstić information content (AvgIpc) is 3.17. The molecule has 2 aromatic carbocycles. The minimum absolute atomic E-state index is 0.0760. The van der Waals surface area contributed by atoms with Crippen molar-refractivity contribution < 1.29 is 27.5 Å². The lowest BCUT2D eigenvalue weighted by atomic mass is 9.99. The molecule has 1 amide bonds. The molecule has 0 aliphatic carbocycles. The largest absolute Gasteiger partial charge is 0.364 e. The Kier molecular flexibility index (Phi) is 5.92. The first-order valence-corrected chi connectivity index (χ1v) is 10.3. The quantitative estimate of drug-likeness (QED) is 0.517. The molecule has 5 nitrogen and oxygen atoms in total. The molecular formula is C24H21F4N3O2. The summed E-state index contributed by atoms with van der Waals surface area (Å²) in [5, 5.41) is 14.2. The number of carbonyl (C=O) groups is 1. The summed E-state index contributed by atoms with van der Waals surface area (Å²) in [4.78, 5) is 17.9. The van der Waals surface area contributed by atoms with Gasteiger partial charge in [0, 0.05) is 17.4 Å². The van der Waals surface area contributed by atoms with E-state index in [9.17, 15) is 27.5 Å². The molecule has 9 heteroatoms. The minimum Gasteiger partial charge on any atom is -0.364 e. The van der Waals surface area contributed by atoms with Gasteiger partial charge in [0.2, 0.25) is 5.72 Å². The molecule has 172 valence electrons. The maximum atomic E-state index is 13.7. The highest BCUT2D eigenvalue weighted by Gasteiger charge is 2.53. The van der Waals surface area contributed by atoms with Crippen LogP contribution in [0, 0.1) is 0 Å². The second-order valence-corrected chi connectivity index (χ2v) is 8.21. The van der Waals surface area contributed by atoms with Gasteiger partial charge in [-0.2, -0.15) is 10.1 Å². The summed E-state index contributed by atoms with van der Waals surface area (Å²) in [5.41, 5.74) is -1.64. The van der Waals surface area contributed by atoms with E-state index in [4.69, 9.17) is 0 Å². The van der Waals surface area contributed by atoms with Gasteiger partial charge in [0.05, 0.1) is 16.8 Å². The Balaban J connectivity index is 1.85. The van der Waals surface area contributed by atoms with Crippen molar-refractivity contribution in [2.45, 2.75) is 44.8 Å². The summed E-state index contributed by atoms with van der Waals surface area (Å²) >= 11 is 0. The van der Waals surface area contributed by atoms with Gasteiger partial charge in [-0.25, -0.2) is 22.5 Å². The van der Waals surface area contributed by atoms with Crippen molar-refractivity contribution in [2.75, 3.05) is 0 Å². The summed E-state index contributed by atoms with van der Waals surface area (Å²) in [5.74, 6) is -0.808. The van der Waals surface area contributed by atoms with Crippen LogP contribution in [0.4, 0.5) is 17.6 Å². The van der Waals surface area contributed by atoms with Crippen LogP contribution in [-0.4, -0.2) is 45.3 Å². The number of aromatic nitrogens is 1. The van der Waals surface area contributed by atoms with E-state index >= 15 is 0 Å². The Morgan fingerprint density at radius 3 is 2.33 bits per heavy atom. The maximum absolute atomic E-state index is 13.7. The van der Waals surface area contributed by atoms with Gasteiger partial charge in [-0.1, -0.05) is 56.3 Å². The maximum Gasteiger partial charge on any atom is 0.287 e. The Hall–Kier alpha value is -3.33. The zero-order valence-corrected chi connectivity index (χ0v) is 17.8. The van der Waals surface area contributed by atoms with Crippen molar-refractivity contribution in [1.29, 1.82) is 0 Å². The van der Waals surface area contributed by atoms with E-state index in [1.54, 1.807) is 24.3 Å². The van der Waals surface area contributed by atoms with Crippen LogP contribution in [0.15, 0.2) is 59.7 Å². The standard InChI is InChI=1S/C24H21F4N3O2/c1-13(2)14-7-9-15(10-8-14)19-11-17(16-5-3-4-6-18(16)29-19)22(32)31-24(33,23(27)28)12-20(30-31)21(25)26/h3-11,13,21,23,33H,12H2,1-2H3/t24-/m1/s1. The topological polar surface area (TPSA) is 65.8 Å². The number of pyridine rings is 1. The van der Waals surface area contributed by atoms with Gasteiger partial charge < -0.3 is 5.11 Å². The molecule has 0 bridgehead atoms. The zero-order valence-electron chi connectivity index (χ0n) is 17.8. The van der Waals surface area contributed by atoms with Crippen molar-refractivity contribution >= 4 is 22.5 Å². The van der Waals surface area contributed by atoms with Crippen LogP contribution in [-0.2, 0) is 0 Å². The van der Waals surface area contributed by atoms with Crippen molar-refractivity contribution in [1.82, 2.24) is 9.99 Å². The van der Waals surface area contributed by atoms with Gasteiger partial charge in [-0.15, -0.1) is 0 Å². The SMILES string of the molecule is CC(C)c1ccc(-c2cc(C(=O)N3N=C(C(F)F)C[C@@]3(O)C(F)F)c3ccccc3n2)cc1. The summed E-state index contributed by atoms with van der Waals surface area (Å²) in [6.07, 6.45) is -7.82. The van der Waals surface area contributed by atoms with Crippen LogP contribution in [0.1, 0.15) is 42.1 Å². The van der Waals surface area contributed by atoms with Crippen molar-refractivity contribution in [3.05, 3.63) is 65.7 Å². The molecule has 1 N–H and O–H groups in total. The number of para-hydroxylation sites is 1. The number of alkyl halides is 4. The zero-order chi connectivity index (χ0) is 23.9. The van der Waals surface area contributed by atoms with E-state index < -0.39 is 36.6 Å². The van der Waals surface area contributed by atoms with Crippen molar-refractivity contribution in [3.8, 4) is 11.3 Å². The van der Waals surface area contributed by atoms with E-state index in [1.165, 1.54) is 6.07 Å². The van der Waals surface area contributed by atoms with Crippen LogP contribution < -0.4 is 0 Å². The van der Waals surface area contributed by atoms with Gasteiger partial charge in [0.15, 0.2) is 0 Å². The Labute approximate surface area is 187 Å². The minimum atomic E-state index is -3.50. The Bertz CT molecular complexity index is 1230. The molecule has 2 heterocycles. The van der Waals surface area contributed by atoms with Gasteiger partial charge in [-0.3, -0.25) is 4.79 Å². The van der Waals surface area contributed by atoms with Crippen LogP contribution in [0.5, 0.6) is 0 Å². The summed E-state index contributed by atoms with van der Waals surface area (Å²) in [6.45, 7) is 4.10. The fourth-order valence-corrected chi connectivity index (χ4v) is 3.76. The van der Waals surface area contributed by atoms with E-state index in [0.29, 0.717) is 28.1 Å². The van der Waals surface area contributed by atoms with E-state index in [1.807, 2.05) is 24.3 Å². The van der Waals surface area contributed by atoms with Crippen LogP contribution >= 0.6 is 0 Å². The van der Waals surface area contributed by atoms with Gasteiger partial charge in [-0.05, 0) is 23.6 Å². The van der Waals surface area contributed by atoms with E-state index in [0.717, 1.165) is 5.56 Å². The highest BCUT2D eigenvalue weighted by Crippen LogP contribution is 2.36. The van der Waals surface area contributed by atoms with E-state index in [-0.39, 0.29) is 10.6 Å². The molecule has 0 saturated heterocycles. The first-order chi connectivity index (χ1) is 15.6. The number of nitrogens with zero attached hydrogens (tertiary/aromatic N) is 3. The fourth-order valence-electron chi connectivity index (χ4n) is 3.76. The van der Waals surface area contributed by atoms with E-state index in [2.05, 4.69) is 23.9 Å². The third-order valence-corrected chi connectivity index (χ3v) is 5.65. The van der Waals surface area contributed by atoms with Crippen molar-refractivity contribution in [2.24, 2.45) is 5.10 Å². The van der Waals surface area contributed by atoms with Crippen molar-refractivity contribution in [3.63, 3.8) is 0 Å². The summed E-state index contributed by atoms with van der Waals surface area (Å²) in [6, 6.07) is 15.5. The molecule has 1 aliphatic heterocycles. The molecule has 0 fully saturated rings. The number of halogens is 4. The number of hydrogen-bond donors (Lipinski definition) is 1. The second kappa shape index (κ2) is 8.55. The lowest BCUT2D eigenvalue weighted by Crippen LogP contribution is -2.51. The number of carbonyl (C=O) groups excluding carboxylic acids is 1. The molecule has 4 rings (SSSR count). The van der Waals surface area contributed by atoms with Gasteiger partial charge in [0.25, 0.3) is 18.8 Å². The molecule has 1 aliphatic rings. The van der Waals surface area contributed by atoms with Crippen LogP contribution in [0.2, 0.25) is 0 Å². The first kappa shape index (κ1) is 22.8. The first-order valence-electron chi connectivity index (χ1n) is 10.3. The van der Waals surface area contributed by atoms with Gasteiger partial charge >= 0.3 is 0 Å². The predicted molar refractivity (Wildman–Crippen MR) is 116 cm³/mol. The number of benzene rings is 2. The average molecular weight is 459 g/mol. The Morgan fingerprint density at radius 2 is 1.73 bits per heavy atom. The molecule has 0 unspecified atom stereocenters.